The Bertz CT molecular complexity index is 732. The van der Waals surface area contributed by atoms with Gasteiger partial charge in [-0.3, -0.25) is 14.6 Å². The van der Waals surface area contributed by atoms with E-state index in [1.807, 2.05) is 43.3 Å². The third-order valence-corrected chi connectivity index (χ3v) is 4.33. The lowest BCUT2D eigenvalue weighted by atomic mass is 10.1. The molecule has 0 radical (unpaired) electrons. The molecule has 0 fully saturated rings. The molecule has 1 atom stereocenters. The van der Waals surface area contributed by atoms with Gasteiger partial charge in [-0.15, -0.1) is 0 Å². The van der Waals surface area contributed by atoms with Gasteiger partial charge in [0, 0.05) is 31.9 Å². The standard InChI is InChI=1S/C21H27N3O3/c1-4-6-20(25)24(15-17-8-10-19(27-3)11-9-17)16(2)21(26)23-14-18-7-5-12-22-13-18/h5,7-13,16H,4,6,14-15H2,1-3H3,(H,23,26). The van der Waals surface area contributed by atoms with Crippen molar-refractivity contribution in [2.24, 2.45) is 0 Å². The highest BCUT2D eigenvalue weighted by Gasteiger charge is 2.25. The van der Waals surface area contributed by atoms with Crippen LogP contribution in [0.2, 0.25) is 0 Å². The normalized spacial score (nSPS) is 11.5. The van der Waals surface area contributed by atoms with E-state index in [-0.39, 0.29) is 11.8 Å². The van der Waals surface area contributed by atoms with Crippen molar-refractivity contribution < 1.29 is 14.3 Å². The van der Waals surface area contributed by atoms with Gasteiger partial charge in [0.05, 0.1) is 7.11 Å². The fourth-order valence-corrected chi connectivity index (χ4v) is 2.71. The van der Waals surface area contributed by atoms with Crippen molar-refractivity contribution >= 4 is 11.8 Å². The quantitative estimate of drug-likeness (QED) is 0.738. The van der Waals surface area contributed by atoms with Crippen molar-refractivity contribution in [1.82, 2.24) is 15.2 Å². The number of carbonyl (C=O) groups excluding carboxylic acids is 2. The maximum absolute atomic E-state index is 12.6. The lowest BCUT2D eigenvalue weighted by Crippen LogP contribution is -2.47. The number of pyridine rings is 1. The number of ether oxygens (including phenoxy) is 1. The molecule has 0 saturated carbocycles. The number of hydrogen-bond acceptors (Lipinski definition) is 4. The SMILES string of the molecule is CCCC(=O)N(Cc1ccc(OC)cc1)C(C)C(=O)NCc1cccnc1. The number of aromatic nitrogens is 1. The smallest absolute Gasteiger partial charge is 0.242 e. The van der Waals surface area contributed by atoms with E-state index in [0.29, 0.717) is 19.5 Å². The van der Waals surface area contributed by atoms with Crippen molar-refractivity contribution in [3.63, 3.8) is 0 Å². The summed E-state index contributed by atoms with van der Waals surface area (Å²) in [7, 11) is 1.61. The molecule has 0 aliphatic heterocycles. The summed E-state index contributed by atoms with van der Waals surface area (Å²) in [4.78, 5) is 30.9. The second kappa shape index (κ2) is 10.3. The summed E-state index contributed by atoms with van der Waals surface area (Å²) in [5.74, 6) is 0.543. The van der Waals surface area contributed by atoms with E-state index < -0.39 is 6.04 Å². The molecule has 2 rings (SSSR count). The molecule has 0 aliphatic rings. The lowest BCUT2D eigenvalue weighted by Gasteiger charge is -2.29. The van der Waals surface area contributed by atoms with Crippen LogP contribution >= 0.6 is 0 Å². The summed E-state index contributed by atoms with van der Waals surface area (Å²) in [6.45, 7) is 4.48. The molecule has 0 saturated heterocycles. The van der Waals surface area contributed by atoms with Gasteiger partial charge >= 0.3 is 0 Å². The molecule has 6 nitrogen and oxygen atoms in total. The molecule has 6 heteroatoms. The number of benzene rings is 1. The predicted octanol–water partition coefficient (Wildman–Crippen LogP) is 2.92. The summed E-state index contributed by atoms with van der Waals surface area (Å²) in [5, 5.41) is 2.89. The van der Waals surface area contributed by atoms with Crippen LogP contribution in [0.25, 0.3) is 0 Å². The van der Waals surface area contributed by atoms with Crippen molar-refractivity contribution in [2.45, 2.75) is 45.8 Å². The number of rotatable bonds is 9. The molecule has 1 aromatic heterocycles. The molecule has 0 aliphatic carbocycles. The molecule has 144 valence electrons. The third kappa shape index (κ3) is 6.09. The van der Waals surface area contributed by atoms with Crippen molar-refractivity contribution in [1.29, 1.82) is 0 Å². The van der Waals surface area contributed by atoms with Crippen LogP contribution in [0, 0.1) is 0 Å². The van der Waals surface area contributed by atoms with Gasteiger partial charge in [0.1, 0.15) is 11.8 Å². The Balaban J connectivity index is 2.06. The summed E-state index contributed by atoms with van der Waals surface area (Å²) >= 11 is 0. The molecule has 1 N–H and O–H groups in total. The molecule has 0 spiro atoms. The third-order valence-electron chi connectivity index (χ3n) is 4.33. The van der Waals surface area contributed by atoms with E-state index in [4.69, 9.17) is 4.74 Å². The Labute approximate surface area is 160 Å². The molecule has 0 bridgehead atoms. The minimum absolute atomic E-state index is 0.0302. The van der Waals surface area contributed by atoms with Crippen LogP contribution in [0.1, 0.15) is 37.8 Å². The van der Waals surface area contributed by atoms with Crippen LogP contribution < -0.4 is 10.1 Å². The average Bonchev–Trinajstić information content (AvgIpc) is 2.71. The maximum atomic E-state index is 12.6. The number of carbonyl (C=O) groups is 2. The highest BCUT2D eigenvalue weighted by atomic mass is 16.5. The van der Waals surface area contributed by atoms with Gasteiger partial charge in [-0.1, -0.05) is 25.1 Å². The number of nitrogens with zero attached hydrogens (tertiary/aromatic N) is 2. The maximum Gasteiger partial charge on any atom is 0.242 e. The van der Waals surface area contributed by atoms with E-state index in [2.05, 4.69) is 10.3 Å². The molecule has 27 heavy (non-hydrogen) atoms. The van der Waals surface area contributed by atoms with E-state index in [1.165, 1.54) is 0 Å². The Morgan fingerprint density at radius 1 is 1.19 bits per heavy atom. The second-order valence-electron chi connectivity index (χ2n) is 6.37. The first-order valence-corrected chi connectivity index (χ1v) is 9.14. The summed E-state index contributed by atoms with van der Waals surface area (Å²) in [5.41, 5.74) is 1.87. The number of nitrogens with one attached hydrogen (secondary N) is 1. The van der Waals surface area contributed by atoms with Gasteiger partial charge < -0.3 is 15.0 Å². The molecule has 1 unspecified atom stereocenters. The zero-order valence-electron chi connectivity index (χ0n) is 16.1. The van der Waals surface area contributed by atoms with Crippen LogP contribution in [0.3, 0.4) is 0 Å². The molecular weight excluding hydrogens is 342 g/mol. The van der Waals surface area contributed by atoms with Gasteiger partial charge in [0.2, 0.25) is 11.8 Å². The van der Waals surface area contributed by atoms with E-state index in [0.717, 1.165) is 23.3 Å². The van der Waals surface area contributed by atoms with Gasteiger partial charge in [-0.05, 0) is 42.7 Å². The highest BCUT2D eigenvalue weighted by molar-refractivity contribution is 5.87. The minimum atomic E-state index is -0.567. The van der Waals surface area contributed by atoms with Crippen molar-refractivity contribution in [3.8, 4) is 5.75 Å². The number of hydrogen-bond donors (Lipinski definition) is 1. The summed E-state index contributed by atoms with van der Waals surface area (Å²) in [6.07, 6.45) is 4.55. The first-order valence-electron chi connectivity index (χ1n) is 9.14. The fraction of sp³-hybridized carbons (Fsp3) is 0.381. The molecule has 1 heterocycles. The lowest BCUT2D eigenvalue weighted by molar-refractivity contribution is -0.140. The van der Waals surface area contributed by atoms with Crippen LogP contribution in [0.4, 0.5) is 0 Å². The average molecular weight is 369 g/mol. The van der Waals surface area contributed by atoms with Crippen LogP contribution in [0.5, 0.6) is 5.75 Å². The van der Waals surface area contributed by atoms with E-state index in [1.54, 1.807) is 31.3 Å². The van der Waals surface area contributed by atoms with Gasteiger partial charge in [0.15, 0.2) is 0 Å². The zero-order chi connectivity index (χ0) is 19.6. The largest absolute Gasteiger partial charge is 0.497 e. The summed E-state index contributed by atoms with van der Waals surface area (Å²) in [6, 6.07) is 10.7. The van der Waals surface area contributed by atoms with Crippen molar-refractivity contribution in [2.75, 3.05) is 7.11 Å². The number of methoxy groups -OCH3 is 1. The Morgan fingerprint density at radius 3 is 2.52 bits per heavy atom. The highest BCUT2D eigenvalue weighted by Crippen LogP contribution is 2.16. The van der Waals surface area contributed by atoms with Crippen LogP contribution in [0.15, 0.2) is 48.8 Å². The zero-order valence-corrected chi connectivity index (χ0v) is 16.1. The Kier molecular flexibility index (Phi) is 7.79. The summed E-state index contributed by atoms with van der Waals surface area (Å²) < 4.78 is 5.17. The molecule has 1 aromatic carbocycles. The Morgan fingerprint density at radius 2 is 1.93 bits per heavy atom. The van der Waals surface area contributed by atoms with Crippen LogP contribution in [-0.4, -0.2) is 34.8 Å². The predicted molar refractivity (Wildman–Crippen MR) is 104 cm³/mol. The Hall–Kier alpha value is -2.89. The van der Waals surface area contributed by atoms with Crippen molar-refractivity contribution in [3.05, 3.63) is 59.9 Å². The molecule has 2 aromatic rings. The first kappa shape index (κ1) is 20.4. The monoisotopic (exact) mass is 369 g/mol. The van der Waals surface area contributed by atoms with Gasteiger partial charge in [0.25, 0.3) is 0 Å². The minimum Gasteiger partial charge on any atom is -0.497 e. The fourth-order valence-electron chi connectivity index (χ4n) is 2.71. The van der Waals surface area contributed by atoms with E-state index in [9.17, 15) is 9.59 Å². The molecular formula is C21H27N3O3. The van der Waals surface area contributed by atoms with Crippen LogP contribution in [-0.2, 0) is 22.7 Å². The number of amides is 2. The van der Waals surface area contributed by atoms with E-state index >= 15 is 0 Å². The first-order chi connectivity index (χ1) is 13.0. The second-order valence-corrected chi connectivity index (χ2v) is 6.37. The van der Waals surface area contributed by atoms with Gasteiger partial charge in [-0.2, -0.15) is 0 Å². The van der Waals surface area contributed by atoms with Gasteiger partial charge in [-0.25, -0.2) is 0 Å². The molecule has 2 amide bonds. The topological polar surface area (TPSA) is 71.5 Å².